The standard InChI is InChI=1S/C14H18F2N2O/c1-8-6-9(11(16)7-10(8)15)14(19)18-13-5-3-2-4-12(13)17/h6-7,12-13H,2-5,17H2,1H3,(H,18,19). The first-order valence-corrected chi connectivity index (χ1v) is 6.51. The molecule has 1 aliphatic rings. The van der Waals surface area contributed by atoms with Crippen LogP contribution < -0.4 is 11.1 Å². The quantitative estimate of drug-likeness (QED) is 0.864. The van der Waals surface area contributed by atoms with Crippen LogP contribution in [0.1, 0.15) is 41.6 Å². The first-order valence-electron chi connectivity index (χ1n) is 6.51. The molecule has 0 saturated heterocycles. The lowest BCUT2D eigenvalue weighted by atomic mass is 9.91. The Kier molecular flexibility index (Phi) is 4.14. The highest BCUT2D eigenvalue weighted by Crippen LogP contribution is 2.19. The SMILES string of the molecule is Cc1cc(C(=O)NC2CCCCC2N)c(F)cc1F. The van der Waals surface area contributed by atoms with E-state index >= 15 is 0 Å². The molecule has 0 radical (unpaired) electrons. The highest BCUT2D eigenvalue weighted by atomic mass is 19.1. The van der Waals surface area contributed by atoms with Crippen molar-refractivity contribution in [1.82, 2.24) is 5.32 Å². The van der Waals surface area contributed by atoms with E-state index in [0.29, 0.717) is 0 Å². The van der Waals surface area contributed by atoms with Crippen molar-refractivity contribution in [2.75, 3.05) is 0 Å². The Morgan fingerprint density at radius 3 is 2.63 bits per heavy atom. The minimum atomic E-state index is -0.843. The van der Waals surface area contributed by atoms with E-state index in [2.05, 4.69) is 5.32 Å². The predicted octanol–water partition coefficient (Wildman–Crippen LogP) is 2.27. The van der Waals surface area contributed by atoms with E-state index in [1.165, 1.54) is 13.0 Å². The third-order valence-electron chi connectivity index (χ3n) is 3.63. The van der Waals surface area contributed by atoms with Gasteiger partial charge in [0.1, 0.15) is 11.6 Å². The van der Waals surface area contributed by atoms with E-state index in [4.69, 9.17) is 5.73 Å². The van der Waals surface area contributed by atoms with Crippen LogP contribution in [0.2, 0.25) is 0 Å². The molecule has 1 saturated carbocycles. The summed E-state index contributed by atoms with van der Waals surface area (Å²) >= 11 is 0. The molecular formula is C14H18F2N2O. The van der Waals surface area contributed by atoms with E-state index in [1.54, 1.807) is 0 Å². The number of hydrogen-bond donors (Lipinski definition) is 2. The summed E-state index contributed by atoms with van der Waals surface area (Å²) < 4.78 is 26.8. The summed E-state index contributed by atoms with van der Waals surface area (Å²) in [5.41, 5.74) is 6.05. The van der Waals surface area contributed by atoms with Crippen LogP contribution in [-0.4, -0.2) is 18.0 Å². The van der Waals surface area contributed by atoms with Gasteiger partial charge in [-0.1, -0.05) is 12.8 Å². The molecule has 0 spiro atoms. The van der Waals surface area contributed by atoms with E-state index in [-0.39, 0.29) is 23.2 Å². The fourth-order valence-electron chi connectivity index (χ4n) is 2.42. The van der Waals surface area contributed by atoms with Crippen molar-refractivity contribution in [1.29, 1.82) is 0 Å². The molecule has 0 bridgehead atoms. The molecule has 19 heavy (non-hydrogen) atoms. The average molecular weight is 268 g/mol. The Morgan fingerprint density at radius 1 is 1.26 bits per heavy atom. The maximum absolute atomic E-state index is 13.6. The van der Waals surface area contributed by atoms with E-state index < -0.39 is 17.5 Å². The van der Waals surface area contributed by atoms with Crippen LogP contribution in [0.4, 0.5) is 8.78 Å². The molecule has 1 fully saturated rings. The van der Waals surface area contributed by atoms with Crippen molar-refractivity contribution in [3.8, 4) is 0 Å². The van der Waals surface area contributed by atoms with E-state index in [0.717, 1.165) is 31.7 Å². The molecule has 104 valence electrons. The highest BCUT2D eigenvalue weighted by molar-refractivity contribution is 5.94. The van der Waals surface area contributed by atoms with Crippen LogP contribution >= 0.6 is 0 Å². The molecule has 0 aromatic heterocycles. The van der Waals surface area contributed by atoms with Gasteiger partial charge in [-0.2, -0.15) is 0 Å². The second-order valence-electron chi connectivity index (χ2n) is 5.11. The van der Waals surface area contributed by atoms with Gasteiger partial charge in [0, 0.05) is 18.2 Å². The molecule has 5 heteroatoms. The molecule has 2 atom stereocenters. The highest BCUT2D eigenvalue weighted by Gasteiger charge is 2.25. The van der Waals surface area contributed by atoms with Gasteiger partial charge in [0.2, 0.25) is 0 Å². The molecule has 1 aromatic carbocycles. The van der Waals surface area contributed by atoms with Crippen LogP contribution in [0.3, 0.4) is 0 Å². The normalized spacial score (nSPS) is 23.2. The number of rotatable bonds is 2. The molecule has 2 rings (SSSR count). The van der Waals surface area contributed by atoms with Gasteiger partial charge >= 0.3 is 0 Å². The van der Waals surface area contributed by atoms with Gasteiger partial charge in [0.25, 0.3) is 5.91 Å². The number of nitrogens with one attached hydrogen (secondary N) is 1. The topological polar surface area (TPSA) is 55.1 Å². The number of benzene rings is 1. The largest absolute Gasteiger partial charge is 0.348 e. The van der Waals surface area contributed by atoms with E-state index in [9.17, 15) is 13.6 Å². The molecule has 3 N–H and O–H groups in total. The summed E-state index contributed by atoms with van der Waals surface area (Å²) in [6.45, 7) is 1.50. The average Bonchev–Trinajstić information content (AvgIpc) is 2.36. The van der Waals surface area contributed by atoms with Crippen LogP contribution in [0.15, 0.2) is 12.1 Å². The number of amides is 1. The lowest BCUT2D eigenvalue weighted by molar-refractivity contribution is 0.0917. The molecule has 1 aliphatic carbocycles. The Balaban J connectivity index is 2.13. The number of aryl methyl sites for hydroxylation is 1. The van der Waals surface area contributed by atoms with Gasteiger partial charge < -0.3 is 11.1 Å². The summed E-state index contributed by atoms with van der Waals surface area (Å²) in [4.78, 5) is 12.0. The van der Waals surface area contributed by atoms with Crippen molar-refractivity contribution >= 4 is 5.91 Å². The van der Waals surface area contributed by atoms with Gasteiger partial charge in [-0.05, 0) is 31.4 Å². The molecular weight excluding hydrogens is 250 g/mol. The zero-order valence-corrected chi connectivity index (χ0v) is 10.9. The Hall–Kier alpha value is -1.49. The van der Waals surface area contributed by atoms with Crippen molar-refractivity contribution in [2.24, 2.45) is 5.73 Å². The van der Waals surface area contributed by atoms with Crippen LogP contribution in [-0.2, 0) is 0 Å². The Labute approximate surface area is 111 Å². The minimum absolute atomic E-state index is 0.0951. The van der Waals surface area contributed by atoms with Gasteiger partial charge in [-0.3, -0.25) is 4.79 Å². The maximum Gasteiger partial charge on any atom is 0.254 e. The van der Waals surface area contributed by atoms with Gasteiger partial charge in [0.15, 0.2) is 0 Å². The van der Waals surface area contributed by atoms with Crippen molar-refractivity contribution < 1.29 is 13.6 Å². The van der Waals surface area contributed by atoms with Gasteiger partial charge in [0.05, 0.1) is 5.56 Å². The number of carbonyl (C=O) groups is 1. The third kappa shape index (κ3) is 3.10. The minimum Gasteiger partial charge on any atom is -0.348 e. The Morgan fingerprint density at radius 2 is 1.95 bits per heavy atom. The second-order valence-corrected chi connectivity index (χ2v) is 5.11. The first kappa shape index (κ1) is 13.9. The number of halogens is 2. The summed E-state index contributed by atoms with van der Waals surface area (Å²) in [5.74, 6) is -2.02. The summed E-state index contributed by atoms with van der Waals surface area (Å²) in [6, 6.07) is 1.74. The van der Waals surface area contributed by atoms with Crippen LogP contribution in [0, 0.1) is 18.6 Å². The predicted molar refractivity (Wildman–Crippen MR) is 68.8 cm³/mol. The Bertz CT molecular complexity index is 491. The maximum atomic E-state index is 13.6. The monoisotopic (exact) mass is 268 g/mol. The third-order valence-corrected chi connectivity index (χ3v) is 3.63. The van der Waals surface area contributed by atoms with Crippen LogP contribution in [0.25, 0.3) is 0 Å². The lowest BCUT2D eigenvalue weighted by Crippen LogP contribution is -2.49. The molecule has 1 aromatic rings. The van der Waals surface area contributed by atoms with Gasteiger partial charge in [-0.15, -0.1) is 0 Å². The van der Waals surface area contributed by atoms with E-state index in [1.807, 2.05) is 0 Å². The fourth-order valence-corrected chi connectivity index (χ4v) is 2.42. The zero-order chi connectivity index (χ0) is 14.0. The fraction of sp³-hybridized carbons (Fsp3) is 0.500. The number of hydrogen-bond acceptors (Lipinski definition) is 2. The first-order chi connectivity index (χ1) is 8.99. The van der Waals surface area contributed by atoms with Crippen molar-refractivity contribution in [3.05, 3.63) is 34.9 Å². The molecule has 2 unspecified atom stereocenters. The molecule has 3 nitrogen and oxygen atoms in total. The second kappa shape index (κ2) is 5.65. The summed E-state index contributed by atoms with van der Waals surface area (Å²) in [5, 5.41) is 2.75. The van der Waals surface area contributed by atoms with Crippen molar-refractivity contribution in [2.45, 2.75) is 44.7 Å². The molecule has 1 amide bonds. The summed E-state index contributed by atoms with van der Waals surface area (Å²) in [7, 11) is 0. The number of carbonyl (C=O) groups excluding carboxylic acids is 1. The van der Waals surface area contributed by atoms with Gasteiger partial charge in [-0.25, -0.2) is 8.78 Å². The molecule has 0 aliphatic heterocycles. The van der Waals surface area contributed by atoms with Crippen molar-refractivity contribution in [3.63, 3.8) is 0 Å². The lowest BCUT2D eigenvalue weighted by Gasteiger charge is -2.29. The smallest absolute Gasteiger partial charge is 0.254 e. The number of nitrogens with two attached hydrogens (primary N) is 1. The summed E-state index contributed by atoms with van der Waals surface area (Å²) in [6.07, 6.45) is 3.71. The molecule has 0 heterocycles. The van der Waals surface area contributed by atoms with Crippen LogP contribution in [0.5, 0.6) is 0 Å². The zero-order valence-electron chi connectivity index (χ0n) is 10.9.